The number of hydrazine groups is 2. The molecule has 1 aliphatic rings. The predicted octanol–water partition coefficient (Wildman–Crippen LogP) is 1.37. The number of hydrogen-bond donors (Lipinski definition) is 3. The minimum atomic E-state index is -0.605. The van der Waals surface area contributed by atoms with Gasteiger partial charge >= 0.3 is 5.69 Å². The van der Waals surface area contributed by atoms with Gasteiger partial charge in [0.05, 0.1) is 4.92 Å². The van der Waals surface area contributed by atoms with Crippen molar-refractivity contribution in [3.63, 3.8) is 0 Å². The third-order valence-corrected chi connectivity index (χ3v) is 4.39. The summed E-state index contributed by atoms with van der Waals surface area (Å²) in [6.45, 7) is 3.03. The van der Waals surface area contributed by atoms with Crippen LogP contribution in [0.1, 0.15) is 10.4 Å². The van der Waals surface area contributed by atoms with E-state index in [0.717, 1.165) is 13.1 Å². The SMILES string of the molecule is CN1CCN(Nc2ncnc(NNC(=O)c3cccc(Cl)c3)c2[N+](=O)[O-])CC1. The normalized spacial score (nSPS) is 15.1. The number of hydrogen-bond acceptors (Lipinski definition) is 9. The van der Waals surface area contributed by atoms with Crippen molar-refractivity contribution in [2.24, 2.45) is 0 Å². The fourth-order valence-corrected chi connectivity index (χ4v) is 2.80. The molecule has 2 heterocycles. The lowest BCUT2D eigenvalue weighted by Crippen LogP contribution is -2.47. The number of benzene rings is 1. The van der Waals surface area contributed by atoms with Crippen molar-refractivity contribution in [2.45, 2.75) is 0 Å². The van der Waals surface area contributed by atoms with E-state index in [2.05, 4.69) is 31.1 Å². The van der Waals surface area contributed by atoms with Crippen LogP contribution in [0.15, 0.2) is 30.6 Å². The molecule has 28 heavy (non-hydrogen) atoms. The lowest BCUT2D eigenvalue weighted by molar-refractivity contribution is -0.383. The molecule has 1 aromatic carbocycles. The molecule has 0 saturated carbocycles. The van der Waals surface area contributed by atoms with Gasteiger partial charge in [0.2, 0.25) is 11.6 Å². The second-order valence-electron chi connectivity index (χ2n) is 6.17. The molecule has 11 nitrogen and oxygen atoms in total. The Bertz CT molecular complexity index is 873. The summed E-state index contributed by atoms with van der Waals surface area (Å²) in [5.74, 6) is -0.597. The number of amides is 1. The zero-order valence-electron chi connectivity index (χ0n) is 15.1. The molecule has 3 N–H and O–H groups in total. The Labute approximate surface area is 165 Å². The number of nitrogens with one attached hydrogen (secondary N) is 3. The third kappa shape index (κ3) is 4.82. The molecular formula is C16H19ClN8O3. The number of nitro groups is 1. The number of carbonyl (C=O) groups excluding carboxylic acids is 1. The van der Waals surface area contributed by atoms with Crippen molar-refractivity contribution in [3.8, 4) is 0 Å². The van der Waals surface area contributed by atoms with Crippen LogP contribution in [-0.2, 0) is 0 Å². The summed E-state index contributed by atoms with van der Waals surface area (Å²) in [5, 5.41) is 13.8. The van der Waals surface area contributed by atoms with Gasteiger partial charge in [-0.1, -0.05) is 17.7 Å². The van der Waals surface area contributed by atoms with Crippen LogP contribution in [0.5, 0.6) is 0 Å². The number of piperazine rings is 1. The molecule has 1 aliphatic heterocycles. The molecule has 1 aromatic heterocycles. The Kier molecular flexibility index (Phi) is 6.19. The number of nitrogens with zero attached hydrogens (tertiary/aromatic N) is 5. The Morgan fingerprint density at radius 2 is 1.93 bits per heavy atom. The predicted molar refractivity (Wildman–Crippen MR) is 104 cm³/mol. The highest BCUT2D eigenvalue weighted by Gasteiger charge is 2.26. The van der Waals surface area contributed by atoms with Crippen molar-refractivity contribution < 1.29 is 9.72 Å². The molecule has 0 unspecified atom stereocenters. The fraction of sp³-hybridized carbons (Fsp3) is 0.312. The highest BCUT2D eigenvalue weighted by molar-refractivity contribution is 6.30. The van der Waals surface area contributed by atoms with Crippen LogP contribution in [0.2, 0.25) is 5.02 Å². The fourth-order valence-electron chi connectivity index (χ4n) is 2.61. The van der Waals surface area contributed by atoms with E-state index in [0.29, 0.717) is 23.7 Å². The van der Waals surface area contributed by atoms with E-state index in [1.54, 1.807) is 18.2 Å². The van der Waals surface area contributed by atoms with Crippen molar-refractivity contribution in [2.75, 3.05) is 44.1 Å². The van der Waals surface area contributed by atoms with Crippen molar-refractivity contribution >= 4 is 34.8 Å². The van der Waals surface area contributed by atoms with Gasteiger partial charge in [0.25, 0.3) is 5.91 Å². The van der Waals surface area contributed by atoms with E-state index in [9.17, 15) is 14.9 Å². The van der Waals surface area contributed by atoms with E-state index < -0.39 is 10.8 Å². The summed E-state index contributed by atoms with van der Waals surface area (Å²) in [7, 11) is 2.01. The zero-order valence-corrected chi connectivity index (χ0v) is 15.8. The molecule has 0 radical (unpaired) electrons. The van der Waals surface area contributed by atoms with Crippen molar-refractivity contribution in [3.05, 3.63) is 51.3 Å². The average molecular weight is 407 g/mol. The molecule has 0 bridgehead atoms. The summed E-state index contributed by atoms with van der Waals surface area (Å²) in [4.78, 5) is 33.2. The van der Waals surface area contributed by atoms with Gasteiger partial charge in [-0.2, -0.15) is 0 Å². The summed E-state index contributed by atoms with van der Waals surface area (Å²) >= 11 is 5.87. The van der Waals surface area contributed by atoms with Gasteiger partial charge in [0.15, 0.2) is 0 Å². The largest absolute Gasteiger partial charge is 0.356 e. The van der Waals surface area contributed by atoms with E-state index in [1.807, 2.05) is 12.1 Å². The maximum Gasteiger partial charge on any atom is 0.356 e. The average Bonchev–Trinajstić information content (AvgIpc) is 2.67. The van der Waals surface area contributed by atoms with Crippen LogP contribution in [0.3, 0.4) is 0 Å². The maximum atomic E-state index is 12.2. The summed E-state index contributed by atoms with van der Waals surface area (Å²) in [6, 6.07) is 6.31. The molecule has 0 spiro atoms. The van der Waals surface area contributed by atoms with Crippen LogP contribution in [0.25, 0.3) is 0 Å². The number of aromatic nitrogens is 2. The van der Waals surface area contributed by atoms with Gasteiger partial charge in [-0.15, -0.1) is 0 Å². The van der Waals surface area contributed by atoms with Gasteiger partial charge in [0, 0.05) is 36.8 Å². The van der Waals surface area contributed by atoms with Gasteiger partial charge in [-0.25, -0.2) is 15.0 Å². The quantitative estimate of drug-likeness (QED) is 0.481. The highest BCUT2D eigenvalue weighted by atomic mass is 35.5. The Hall–Kier alpha value is -3.02. The molecular weight excluding hydrogens is 388 g/mol. The van der Waals surface area contributed by atoms with Crippen LogP contribution >= 0.6 is 11.6 Å². The van der Waals surface area contributed by atoms with Crippen LogP contribution in [-0.4, -0.2) is 63.9 Å². The van der Waals surface area contributed by atoms with Crippen molar-refractivity contribution in [1.29, 1.82) is 0 Å². The topological polar surface area (TPSA) is 129 Å². The zero-order chi connectivity index (χ0) is 20.1. The van der Waals surface area contributed by atoms with Crippen LogP contribution in [0.4, 0.5) is 17.3 Å². The van der Waals surface area contributed by atoms with Gasteiger partial charge in [-0.3, -0.25) is 31.2 Å². The molecule has 3 rings (SSSR count). The first-order valence-electron chi connectivity index (χ1n) is 8.45. The molecule has 0 atom stereocenters. The number of likely N-dealkylation sites (N-methyl/N-ethyl adjacent to an activating group) is 1. The Morgan fingerprint density at radius 3 is 2.61 bits per heavy atom. The van der Waals surface area contributed by atoms with E-state index in [4.69, 9.17) is 11.6 Å². The molecule has 2 aromatic rings. The minimum Gasteiger partial charge on any atom is -0.304 e. The van der Waals surface area contributed by atoms with Crippen LogP contribution < -0.4 is 16.3 Å². The number of rotatable bonds is 6. The van der Waals surface area contributed by atoms with Gasteiger partial charge in [0.1, 0.15) is 6.33 Å². The molecule has 1 amide bonds. The lowest BCUT2D eigenvalue weighted by atomic mass is 10.2. The maximum absolute atomic E-state index is 12.2. The number of halogens is 1. The first-order chi connectivity index (χ1) is 13.4. The summed E-state index contributed by atoms with van der Waals surface area (Å²) in [6.07, 6.45) is 1.18. The number of anilines is 2. The first kappa shape index (κ1) is 19.7. The second-order valence-corrected chi connectivity index (χ2v) is 6.60. The monoisotopic (exact) mass is 406 g/mol. The molecule has 12 heteroatoms. The Balaban J connectivity index is 1.73. The second kappa shape index (κ2) is 8.78. The van der Waals surface area contributed by atoms with Gasteiger partial charge in [-0.05, 0) is 25.2 Å². The Morgan fingerprint density at radius 1 is 1.21 bits per heavy atom. The standard InChI is InChI=1S/C16H19ClN8O3/c1-23-5-7-24(8-6-23)22-15-13(25(27)28)14(18-10-19-15)20-21-16(26)11-3-2-4-12(17)9-11/h2-4,9-10H,5-8H2,1H3,(H,21,26)(H2,18,19,20,22). The third-order valence-electron chi connectivity index (χ3n) is 4.15. The molecule has 148 valence electrons. The van der Waals surface area contributed by atoms with E-state index >= 15 is 0 Å². The summed E-state index contributed by atoms with van der Waals surface area (Å²) < 4.78 is 0. The van der Waals surface area contributed by atoms with Crippen molar-refractivity contribution in [1.82, 2.24) is 25.3 Å². The van der Waals surface area contributed by atoms with Crippen LogP contribution in [0, 0.1) is 10.1 Å². The minimum absolute atomic E-state index is 0.0454. The lowest BCUT2D eigenvalue weighted by Gasteiger charge is -2.32. The molecule has 1 saturated heterocycles. The summed E-state index contributed by atoms with van der Waals surface area (Å²) in [5.41, 5.74) is 7.77. The van der Waals surface area contributed by atoms with E-state index in [1.165, 1.54) is 12.4 Å². The van der Waals surface area contributed by atoms with Gasteiger partial charge < -0.3 is 4.90 Å². The number of carbonyl (C=O) groups is 1. The molecule has 1 fully saturated rings. The first-order valence-corrected chi connectivity index (χ1v) is 8.83. The molecule has 0 aliphatic carbocycles. The smallest absolute Gasteiger partial charge is 0.304 e. The van der Waals surface area contributed by atoms with E-state index in [-0.39, 0.29) is 17.3 Å². The highest BCUT2D eigenvalue weighted by Crippen LogP contribution is 2.28.